The third-order valence-corrected chi connectivity index (χ3v) is 3.75. The molecule has 0 aliphatic carbocycles. The predicted octanol–water partition coefficient (Wildman–Crippen LogP) is 6.84. The van der Waals surface area contributed by atoms with E-state index in [2.05, 4.69) is 27.7 Å². The van der Waals surface area contributed by atoms with Crippen LogP contribution in [0.2, 0.25) is 0 Å². The van der Waals surface area contributed by atoms with E-state index in [0.29, 0.717) is 0 Å². The lowest BCUT2D eigenvalue weighted by atomic mass is 9.89. The predicted molar refractivity (Wildman–Crippen MR) is 82.6 cm³/mol. The molecule has 0 aromatic rings. The van der Waals surface area contributed by atoms with Gasteiger partial charge in [0.15, 0.2) is 0 Å². The first-order valence-electron chi connectivity index (χ1n) is 7.74. The highest BCUT2D eigenvalue weighted by atomic mass is 14.1. The molecule has 0 bridgehead atoms. The molecule has 0 rings (SSSR count). The second-order valence-electron chi connectivity index (χ2n) is 5.62. The van der Waals surface area contributed by atoms with Crippen molar-refractivity contribution >= 4 is 0 Å². The summed E-state index contributed by atoms with van der Waals surface area (Å²) in [5.41, 5.74) is 0. The van der Waals surface area contributed by atoms with E-state index < -0.39 is 0 Å². The van der Waals surface area contributed by atoms with E-state index in [4.69, 9.17) is 0 Å². The summed E-state index contributed by atoms with van der Waals surface area (Å²) in [6.45, 7) is 9.37. The molecule has 0 aliphatic heterocycles. The van der Waals surface area contributed by atoms with Crippen molar-refractivity contribution in [1.82, 2.24) is 0 Å². The topological polar surface area (TPSA) is 0 Å². The first-order valence-corrected chi connectivity index (χ1v) is 7.74. The molecule has 17 heavy (non-hydrogen) atoms. The van der Waals surface area contributed by atoms with Gasteiger partial charge in [0, 0.05) is 0 Å². The molecule has 0 fully saturated rings. The van der Waals surface area contributed by atoms with E-state index in [9.17, 15) is 0 Å². The zero-order valence-corrected chi connectivity index (χ0v) is 12.2. The minimum Gasteiger partial charge on any atom is -0.0776 e. The summed E-state index contributed by atoms with van der Waals surface area (Å²) in [6.07, 6.45) is 14.3. The maximum absolute atomic E-state index is 2.42. The minimum absolute atomic E-state index is 0. The van der Waals surface area contributed by atoms with Gasteiger partial charge >= 0.3 is 0 Å². The molecule has 0 aliphatic rings. The van der Waals surface area contributed by atoms with E-state index in [-0.39, 0.29) is 7.43 Å². The first kappa shape index (κ1) is 19.3. The Morgan fingerprint density at radius 3 is 1.76 bits per heavy atom. The zero-order valence-electron chi connectivity index (χ0n) is 12.2. The van der Waals surface area contributed by atoms with Crippen LogP contribution in [-0.4, -0.2) is 0 Å². The summed E-state index contributed by atoms with van der Waals surface area (Å²) in [6, 6.07) is 0. The normalized spacial score (nSPS) is 14.1. The third kappa shape index (κ3) is 12.2. The lowest BCUT2D eigenvalue weighted by Gasteiger charge is -2.17. The molecule has 0 N–H and O–H groups in total. The fourth-order valence-corrected chi connectivity index (χ4v) is 2.73. The lowest BCUT2D eigenvalue weighted by Crippen LogP contribution is -2.02. The van der Waals surface area contributed by atoms with Crippen LogP contribution in [0.15, 0.2) is 0 Å². The van der Waals surface area contributed by atoms with Crippen molar-refractivity contribution in [3.63, 3.8) is 0 Å². The van der Waals surface area contributed by atoms with Gasteiger partial charge in [-0.1, -0.05) is 99.3 Å². The maximum atomic E-state index is 2.42. The summed E-state index contributed by atoms with van der Waals surface area (Å²) in [5, 5.41) is 0. The van der Waals surface area contributed by atoms with Crippen LogP contribution in [0, 0.1) is 11.8 Å². The lowest BCUT2D eigenvalue weighted by molar-refractivity contribution is 0.363. The molecule has 0 amide bonds. The van der Waals surface area contributed by atoms with Crippen molar-refractivity contribution in [1.29, 1.82) is 0 Å². The molecular weight excluding hydrogens is 204 g/mol. The number of unbranched alkanes of at least 4 members (excludes halogenated alkanes) is 1. The van der Waals surface area contributed by atoms with Gasteiger partial charge in [-0.2, -0.15) is 0 Å². The van der Waals surface area contributed by atoms with Gasteiger partial charge in [-0.3, -0.25) is 0 Å². The Morgan fingerprint density at radius 2 is 1.24 bits per heavy atom. The Kier molecular flexibility index (Phi) is 16.0. The molecule has 0 aromatic heterocycles. The average molecular weight is 242 g/mol. The second-order valence-corrected chi connectivity index (χ2v) is 5.62. The quantitative estimate of drug-likeness (QED) is 0.372. The van der Waals surface area contributed by atoms with E-state index >= 15 is 0 Å². The van der Waals surface area contributed by atoms with Gasteiger partial charge in [-0.25, -0.2) is 0 Å². The summed E-state index contributed by atoms with van der Waals surface area (Å²) < 4.78 is 0. The van der Waals surface area contributed by atoms with Crippen molar-refractivity contribution in [2.45, 2.75) is 99.3 Å². The van der Waals surface area contributed by atoms with Gasteiger partial charge in [0.05, 0.1) is 0 Å². The molecule has 0 saturated heterocycles. The highest BCUT2D eigenvalue weighted by molar-refractivity contribution is 4.61. The fourth-order valence-electron chi connectivity index (χ4n) is 2.73. The van der Waals surface area contributed by atoms with Crippen LogP contribution >= 0.6 is 0 Å². The Morgan fingerprint density at radius 1 is 0.647 bits per heavy atom. The number of hydrogen-bond donors (Lipinski definition) is 0. The summed E-state index contributed by atoms with van der Waals surface area (Å²) >= 11 is 0. The summed E-state index contributed by atoms with van der Waals surface area (Å²) in [4.78, 5) is 0. The van der Waals surface area contributed by atoms with Gasteiger partial charge in [0.25, 0.3) is 0 Å². The van der Waals surface area contributed by atoms with Crippen molar-refractivity contribution in [3.05, 3.63) is 0 Å². The highest BCUT2D eigenvalue weighted by Gasteiger charge is 2.08. The molecule has 2 atom stereocenters. The van der Waals surface area contributed by atoms with Crippen LogP contribution in [0.3, 0.4) is 0 Å². The Labute approximate surface area is 112 Å². The zero-order chi connectivity index (χ0) is 12.2. The van der Waals surface area contributed by atoms with Crippen molar-refractivity contribution in [2.75, 3.05) is 0 Å². The molecule has 0 saturated carbocycles. The molecule has 0 spiro atoms. The van der Waals surface area contributed by atoms with Crippen molar-refractivity contribution < 1.29 is 0 Å². The molecule has 0 heteroatoms. The van der Waals surface area contributed by atoms with E-state index in [1.165, 1.54) is 64.2 Å². The van der Waals surface area contributed by atoms with Crippen LogP contribution in [-0.2, 0) is 0 Å². The Bertz CT molecular complexity index is 128. The molecule has 106 valence electrons. The van der Waals surface area contributed by atoms with Crippen LogP contribution in [0.25, 0.3) is 0 Å². The average Bonchev–Trinajstić information content (AvgIpc) is 2.26. The highest BCUT2D eigenvalue weighted by Crippen LogP contribution is 2.23. The smallest absolute Gasteiger partial charge is 0.0414 e. The largest absolute Gasteiger partial charge is 0.0776 e. The minimum atomic E-state index is 0. The summed E-state index contributed by atoms with van der Waals surface area (Å²) in [7, 11) is 0. The number of rotatable bonds is 11. The molecule has 0 nitrogen and oxygen atoms in total. The monoisotopic (exact) mass is 242 g/mol. The third-order valence-electron chi connectivity index (χ3n) is 3.75. The SMILES string of the molecule is C.CCCCC(CCC)CCCC(C)CCC. The maximum Gasteiger partial charge on any atom is -0.0414 e. The van der Waals surface area contributed by atoms with Crippen LogP contribution in [0.1, 0.15) is 99.3 Å². The molecule has 2 unspecified atom stereocenters. The number of hydrogen-bond acceptors (Lipinski definition) is 0. The summed E-state index contributed by atoms with van der Waals surface area (Å²) in [5.74, 6) is 1.98. The standard InChI is InChI=1S/C16H34.CH4/c1-5-8-13-16(11-7-3)14-9-12-15(4)10-6-2;/h15-16H,5-14H2,1-4H3;1H4. The second kappa shape index (κ2) is 14.1. The molecular formula is C17H38. The van der Waals surface area contributed by atoms with Crippen molar-refractivity contribution in [3.8, 4) is 0 Å². The Hall–Kier alpha value is 0. The van der Waals surface area contributed by atoms with Gasteiger partial charge in [0.1, 0.15) is 0 Å². The van der Waals surface area contributed by atoms with E-state index in [1.54, 1.807) is 0 Å². The molecule has 0 heterocycles. The van der Waals surface area contributed by atoms with Crippen LogP contribution < -0.4 is 0 Å². The van der Waals surface area contributed by atoms with Gasteiger partial charge in [0.2, 0.25) is 0 Å². The van der Waals surface area contributed by atoms with Gasteiger partial charge in [-0.15, -0.1) is 0 Å². The van der Waals surface area contributed by atoms with Crippen LogP contribution in [0.5, 0.6) is 0 Å². The van der Waals surface area contributed by atoms with Crippen LogP contribution in [0.4, 0.5) is 0 Å². The Balaban J connectivity index is 0. The van der Waals surface area contributed by atoms with Crippen molar-refractivity contribution in [2.24, 2.45) is 11.8 Å². The van der Waals surface area contributed by atoms with E-state index in [0.717, 1.165) is 11.8 Å². The van der Waals surface area contributed by atoms with Gasteiger partial charge < -0.3 is 0 Å². The fraction of sp³-hybridized carbons (Fsp3) is 1.00. The van der Waals surface area contributed by atoms with Gasteiger partial charge in [-0.05, 0) is 11.8 Å². The first-order chi connectivity index (χ1) is 7.74. The van der Waals surface area contributed by atoms with E-state index in [1.807, 2.05) is 0 Å². The molecule has 0 aromatic carbocycles. The molecule has 0 radical (unpaired) electrons.